The second-order valence-corrected chi connectivity index (χ2v) is 4.12. The smallest absolute Gasteiger partial charge is 0.305 e. The summed E-state index contributed by atoms with van der Waals surface area (Å²) < 4.78 is 10.3. The Morgan fingerprint density at radius 2 is 1.90 bits per heavy atom. The van der Waals surface area contributed by atoms with Gasteiger partial charge in [-0.1, -0.05) is 18.2 Å². The molecule has 1 aromatic rings. The average Bonchev–Trinajstić information content (AvgIpc) is 2.45. The van der Waals surface area contributed by atoms with Crippen LogP contribution in [0, 0.1) is 0 Å². The zero-order chi connectivity index (χ0) is 14.8. The van der Waals surface area contributed by atoms with Crippen molar-refractivity contribution in [2.75, 3.05) is 33.4 Å². The monoisotopic (exact) mass is 281 g/mol. The second kappa shape index (κ2) is 8.92. The number of rotatable bonds is 9. The zero-order valence-electron chi connectivity index (χ0n) is 11.4. The van der Waals surface area contributed by atoms with Gasteiger partial charge in [0.1, 0.15) is 5.75 Å². The van der Waals surface area contributed by atoms with Gasteiger partial charge in [-0.05, 0) is 12.1 Å². The first-order chi connectivity index (χ1) is 9.63. The van der Waals surface area contributed by atoms with Crippen molar-refractivity contribution in [3.63, 3.8) is 0 Å². The summed E-state index contributed by atoms with van der Waals surface area (Å²) in [5, 5.41) is 8.68. The summed E-state index contributed by atoms with van der Waals surface area (Å²) in [6.07, 6.45) is -0.0964. The number of carboxylic acids is 1. The van der Waals surface area contributed by atoms with Crippen LogP contribution in [0.1, 0.15) is 6.42 Å². The van der Waals surface area contributed by atoms with E-state index in [0.717, 1.165) is 0 Å². The standard InChI is InChI=1S/C14H19NO5/c1-19-10-9-15(8-7-14(17)18)13(16)11-20-12-5-3-2-4-6-12/h2-6H,7-11H2,1H3,(H,17,18). The molecule has 0 aromatic heterocycles. The number of ether oxygens (including phenoxy) is 2. The second-order valence-electron chi connectivity index (χ2n) is 4.12. The summed E-state index contributed by atoms with van der Waals surface area (Å²) in [5.41, 5.74) is 0. The van der Waals surface area contributed by atoms with Gasteiger partial charge in [-0.2, -0.15) is 0 Å². The first-order valence-corrected chi connectivity index (χ1v) is 6.30. The molecule has 6 nitrogen and oxygen atoms in total. The highest BCUT2D eigenvalue weighted by Crippen LogP contribution is 2.08. The van der Waals surface area contributed by atoms with E-state index in [1.54, 1.807) is 12.1 Å². The van der Waals surface area contributed by atoms with E-state index in [9.17, 15) is 9.59 Å². The quantitative estimate of drug-likeness (QED) is 0.731. The maximum atomic E-state index is 12.0. The van der Waals surface area contributed by atoms with Crippen LogP contribution < -0.4 is 4.74 Å². The van der Waals surface area contributed by atoms with Crippen molar-refractivity contribution in [3.05, 3.63) is 30.3 Å². The van der Waals surface area contributed by atoms with Crippen LogP contribution in [-0.4, -0.2) is 55.3 Å². The number of nitrogens with zero attached hydrogens (tertiary/aromatic N) is 1. The van der Waals surface area contributed by atoms with Gasteiger partial charge < -0.3 is 19.5 Å². The molecule has 0 radical (unpaired) electrons. The summed E-state index contributed by atoms with van der Waals surface area (Å²) in [4.78, 5) is 24.0. The Kier molecular flexibility index (Phi) is 7.13. The molecule has 110 valence electrons. The molecule has 1 rings (SSSR count). The molecule has 6 heteroatoms. The maximum absolute atomic E-state index is 12.0. The predicted octanol–water partition coefficient (Wildman–Crippen LogP) is 1.02. The molecule has 0 heterocycles. The molecule has 0 saturated carbocycles. The molecule has 1 N–H and O–H groups in total. The van der Waals surface area contributed by atoms with Crippen molar-refractivity contribution in [3.8, 4) is 5.75 Å². The van der Waals surface area contributed by atoms with Crippen LogP contribution in [0.3, 0.4) is 0 Å². The Hall–Kier alpha value is -2.08. The van der Waals surface area contributed by atoms with Crippen LogP contribution in [0.4, 0.5) is 0 Å². The largest absolute Gasteiger partial charge is 0.484 e. The van der Waals surface area contributed by atoms with E-state index in [-0.39, 0.29) is 25.5 Å². The number of para-hydroxylation sites is 1. The Labute approximate surface area is 117 Å². The van der Waals surface area contributed by atoms with Gasteiger partial charge in [0.15, 0.2) is 6.61 Å². The molecule has 0 aliphatic heterocycles. The maximum Gasteiger partial charge on any atom is 0.305 e. The fourth-order valence-electron chi connectivity index (χ4n) is 1.55. The van der Waals surface area contributed by atoms with Crippen LogP contribution in [0.25, 0.3) is 0 Å². The number of methoxy groups -OCH3 is 1. The molecule has 0 saturated heterocycles. The van der Waals surface area contributed by atoms with Gasteiger partial charge in [-0.15, -0.1) is 0 Å². The van der Waals surface area contributed by atoms with Crippen molar-refractivity contribution in [2.45, 2.75) is 6.42 Å². The van der Waals surface area contributed by atoms with E-state index in [1.165, 1.54) is 12.0 Å². The van der Waals surface area contributed by atoms with Gasteiger partial charge >= 0.3 is 5.97 Å². The van der Waals surface area contributed by atoms with E-state index < -0.39 is 5.97 Å². The third-order valence-electron chi connectivity index (χ3n) is 2.62. The van der Waals surface area contributed by atoms with E-state index in [1.807, 2.05) is 18.2 Å². The Bertz CT molecular complexity index is 421. The highest BCUT2D eigenvalue weighted by atomic mass is 16.5. The zero-order valence-corrected chi connectivity index (χ0v) is 11.4. The van der Waals surface area contributed by atoms with Crippen LogP contribution >= 0.6 is 0 Å². The van der Waals surface area contributed by atoms with Crippen molar-refractivity contribution < 1.29 is 24.2 Å². The van der Waals surface area contributed by atoms with E-state index in [2.05, 4.69) is 0 Å². The summed E-state index contributed by atoms with van der Waals surface area (Å²) in [5.74, 6) is -0.595. The molecule has 0 aliphatic carbocycles. The molecule has 0 aliphatic rings. The van der Waals surface area contributed by atoms with E-state index in [4.69, 9.17) is 14.6 Å². The van der Waals surface area contributed by atoms with Crippen molar-refractivity contribution in [1.29, 1.82) is 0 Å². The molecule has 0 fully saturated rings. The van der Waals surface area contributed by atoms with Gasteiger partial charge in [0.25, 0.3) is 5.91 Å². The van der Waals surface area contributed by atoms with Gasteiger partial charge in [0.2, 0.25) is 0 Å². The molecular weight excluding hydrogens is 262 g/mol. The third-order valence-corrected chi connectivity index (χ3v) is 2.62. The molecule has 0 bridgehead atoms. The number of carboxylic acid groups (broad SMARTS) is 1. The molecular formula is C14H19NO5. The van der Waals surface area contributed by atoms with Gasteiger partial charge in [-0.25, -0.2) is 0 Å². The lowest BCUT2D eigenvalue weighted by molar-refractivity contribution is -0.139. The molecule has 1 aromatic carbocycles. The van der Waals surface area contributed by atoms with Crippen molar-refractivity contribution >= 4 is 11.9 Å². The fraction of sp³-hybridized carbons (Fsp3) is 0.429. The third kappa shape index (κ3) is 6.19. The molecule has 20 heavy (non-hydrogen) atoms. The summed E-state index contributed by atoms with van der Waals surface area (Å²) in [7, 11) is 1.53. The van der Waals surface area contributed by atoms with Crippen molar-refractivity contribution in [1.82, 2.24) is 4.90 Å². The Balaban J connectivity index is 2.46. The van der Waals surface area contributed by atoms with Gasteiger partial charge in [0.05, 0.1) is 13.0 Å². The lowest BCUT2D eigenvalue weighted by Gasteiger charge is -2.21. The summed E-state index contributed by atoms with van der Waals surface area (Å²) in [6.45, 7) is 0.737. The number of aliphatic carboxylic acids is 1. The minimum atomic E-state index is -0.941. The number of carbonyl (C=O) groups excluding carboxylic acids is 1. The SMILES string of the molecule is COCCN(CCC(=O)O)C(=O)COc1ccccc1. The van der Waals surface area contributed by atoms with Crippen LogP contribution in [0.2, 0.25) is 0 Å². The van der Waals surface area contributed by atoms with Crippen molar-refractivity contribution in [2.24, 2.45) is 0 Å². The number of hydrogen-bond acceptors (Lipinski definition) is 4. The van der Waals surface area contributed by atoms with Crippen LogP contribution in [0.15, 0.2) is 30.3 Å². The molecule has 0 atom stereocenters. The first kappa shape index (κ1) is 16.0. The predicted molar refractivity (Wildman–Crippen MR) is 72.6 cm³/mol. The molecule has 0 unspecified atom stereocenters. The lowest BCUT2D eigenvalue weighted by Crippen LogP contribution is -2.38. The Morgan fingerprint density at radius 1 is 1.20 bits per heavy atom. The summed E-state index contributed by atoms with van der Waals surface area (Å²) >= 11 is 0. The van der Waals surface area contributed by atoms with Crippen LogP contribution in [-0.2, 0) is 14.3 Å². The van der Waals surface area contributed by atoms with Gasteiger partial charge in [0, 0.05) is 20.2 Å². The van der Waals surface area contributed by atoms with E-state index in [0.29, 0.717) is 18.9 Å². The Morgan fingerprint density at radius 3 is 2.50 bits per heavy atom. The summed E-state index contributed by atoms with van der Waals surface area (Å²) in [6, 6.07) is 8.99. The number of amides is 1. The number of carbonyl (C=O) groups is 2. The first-order valence-electron chi connectivity index (χ1n) is 6.30. The van der Waals surface area contributed by atoms with E-state index >= 15 is 0 Å². The highest BCUT2D eigenvalue weighted by molar-refractivity contribution is 5.78. The number of benzene rings is 1. The van der Waals surface area contributed by atoms with Crippen LogP contribution in [0.5, 0.6) is 5.75 Å². The molecule has 0 spiro atoms. The topological polar surface area (TPSA) is 76.1 Å². The number of hydrogen-bond donors (Lipinski definition) is 1. The normalized spacial score (nSPS) is 10.1. The minimum absolute atomic E-state index is 0.0964. The molecule has 1 amide bonds. The van der Waals surface area contributed by atoms with Gasteiger partial charge in [-0.3, -0.25) is 9.59 Å². The highest BCUT2D eigenvalue weighted by Gasteiger charge is 2.15. The fourth-order valence-corrected chi connectivity index (χ4v) is 1.55. The average molecular weight is 281 g/mol. The minimum Gasteiger partial charge on any atom is -0.484 e. The lowest BCUT2D eigenvalue weighted by atomic mass is 10.3.